The summed E-state index contributed by atoms with van der Waals surface area (Å²) < 4.78 is 30.5. The summed E-state index contributed by atoms with van der Waals surface area (Å²) in [6.45, 7) is 3.70. The Morgan fingerprint density at radius 3 is 2.19 bits per heavy atom. The largest absolute Gasteiger partial charge is 0.493 e. The first-order valence-electron chi connectivity index (χ1n) is 9.91. The van der Waals surface area contributed by atoms with E-state index < -0.39 is 0 Å². The monoisotopic (exact) mass is 544 g/mol. The molecule has 2 aromatic rings. The van der Waals surface area contributed by atoms with Crippen molar-refractivity contribution in [1.82, 2.24) is 10.6 Å². The fourth-order valence-electron chi connectivity index (χ4n) is 3.30. The summed E-state index contributed by atoms with van der Waals surface area (Å²) in [6, 6.07) is 11.1. The average molecular weight is 544 g/mol. The average Bonchev–Trinajstić information content (AvgIpc) is 2.79. The number of aliphatic imine (C=N–C) groups is 1. The standard InChI is InChI=1S/C22H29FN4O3.HI/c1-24-22(26-15-17-5-7-20(28-2)21(13-17)29-3)25-14-16-4-6-19(18(23)12-16)27-8-10-30-11-9-27;/h4-7,12-13H,8-11,14-15H2,1-3H3,(H2,24,25,26);1H. The Bertz CT molecular complexity index is 876. The van der Waals surface area contributed by atoms with Crippen molar-refractivity contribution in [2.75, 3.05) is 52.5 Å². The smallest absolute Gasteiger partial charge is 0.191 e. The molecule has 0 aromatic heterocycles. The van der Waals surface area contributed by atoms with Crippen LogP contribution in [0.1, 0.15) is 11.1 Å². The van der Waals surface area contributed by atoms with Crippen molar-refractivity contribution in [2.24, 2.45) is 4.99 Å². The Morgan fingerprint density at radius 1 is 1.00 bits per heavy atom. The maximum atomic E-state index is 14.6. The molecule has 1 aliphatic rings. The predicted molar refractivity (Wildman–Crippen MR) is 131 cm³/mol. The molecule has 1 saturated heterocycles. The zero-order chi connectivity index (χ0) is 21.3. The van der Waals surface area contributed by atoms with Crippen LogP contribution < -0.4 is 25.0 Å². The highest BCUT2D eigenvalue weighted by Crippen LogP contribution is 2.27. The van der Waals surface area contributed by atoms with Gasteiger partial charge >= 0.3 is 0 Å². The van der Waals surface area contributed by atoms with Gasteiger partial charge in [0, 0.05) is 33.2 Å². The van der Waals surface area contributed by atoms with Gasteiger partial charge in [0.25, 0.3) is 0 Å². The summed E-state index contributed by atoms with van der Waals surface area (Å²) in [5.41, 5.74) is 2.49. The number of hydrogen-bond donors (Lipinski definition) is 2. The van der Waals surface area contributed by atoms with Crippen molar-refractivity contribution >= 4 is 35.6 Å². The van der Waals surface area contributed by atoms with Crippen molar-refractivity contribution in [3.05, 3.63) is 53.3 Å². The van der Waals surface area contributed by atoms with Crippen molar-refractivity contribution in [1.29, 1.82) is 0 Å². The van der Waals surface area contributed by atoms with Crippen LogP contribution in [0.2, 0.25) is 0 Å². The second kappa shape index (κ2) is 12.6. The molecule has 2 aromatic carbocycles. The number of rotatable bonds is 7. The molecule has 2 N–H and O–H groups in total. The number of morpholine rings is 1. The molecule has 1 heterocycles. The quantitative estimate of drug-likeness (QED) is 0.317. The van der Waals surface area contributed by atoms with E-state index in [1.807, 2.05) is 35.2 Å². The van der Waals surface area contributed by atoms with Gasteiger partial charge in [0.05, 0.1) is 33.1 Å². The van der Waals surface area contributed by atoms with E-state index in [1.54, 1.807) is 27.3 Å². The molecular formula is C22H30FIN4O3. The third-order valence-electron chi connectivity index (χ3n) is 4.96. The van der Waals surface area contributed by atoms with Crippen LogP contribution in [0.5, 0.6) is 11.5 Å². The highest BCUT2D eigenvalue weighted by atomic mass is 127. The summed E-state index contributed by atoms with van der Waals surface area (Å²) in [5, 5.41) is 6.47. The highest BCUT2D eigenvalue weighted by molar-refractivity contribution is 14.0. The van der Waals surface area contributed by atoms with E-state index in [0.717, 1.165) is 11.1 Å². The van der Waals surface area contributed by atoms with Crippen LogP contribution >= 0.6 is 24.0 Å². The van der Waals surface area contributed by atoms with Gasteiger partial charge < -0.3 is 29.7 Å². The van der Waals surface area contributed by atoms with Gasteiger partial charge in [-0.3, -0.25) is 4.99 Å². The van der Waals surface area contributed by atoms with Gasteiger partial charge in [0.1, 0.15) is 5.82 Å². The van der Waals surface area contributed by atoms with Crippen LogP contribution in [0.25, 0.3) is 0 Å². The third-order valence-corrected chi connectivity index (χ3v) is 4.96. The fraction of sp³-hybridized carbons (Fsp3) is 0.409. The van der Waals surface area contributed by atoms with Crippen LogP contribution in [-0.4, -0.2) is 53.5 Å². The van der Waals surface area contributed by atoms with Crippen LogP contribution in [0.3, 0.4) is 0 Å². The van der Waals surface area contributed by atoms with Gasteiger partial charge in [-0.2, -0.15) is 0 Å². The third kappa shape index (κ3) is 6.86. The number of hydrogen-bond acceptors (Lipinski definition) is 5. The van der Waals surface area contributed by atoms with Crippen LogP contribution in [0, 0.1) is 5.82 Å². The minimum absolute atomic E-state index is 0. The number of nitrogens with one attached hydrogen (secondary N) is 2. The molecule has 1 fully saturated rings. The molecule has 7 nitrogen and oxygen atoms in total. The van der Waals surface area contributed by atoms with Crippen LogP contribution in [-0.2, 0) is 17.8 Å². The molecule has 3 rings (SSSR count). The van der Waals surface area contributed by atoms with E-state index in [4.69, 9.17) is 14.2 Å². The molecule has 0 spiro atoms. The predicted octanol–water partition coefficient (Wildman–Crippen LogP) is 3.16. The zero-order valence-corrected chi connectivity index (χ0v) is 20.4. The van der Waals surface area contributed by atoms with Gasteiger partial charge in [0.2, 0.25) is 0 Å². The SMILES string of the molecule is CN=C(NCc1ccc(N2CCOCC2)c(F)c1)NCc1ccc(OC)c(OC)c1.I. The summed E-state index contributed by atoms with van der Waals surface area (Å²) >= 11 is 0. The van der Waals surface area contributed by atoms with Crippen LogP contribution in [0.15, 0.2) is 41.4 Å². The topological polar surface area (TPSA) is 67.4 Å². The number of ether oxygens (including phenoxy) is 3. The first kappa shape index (κ1) is 25.0. The Morgan fingerprint density at radius 2 is 1.61 bits per heavy atom. The molecule has 0 unspecified atom stereocenters. The minimum atomic E-state index is -0.218. The van der Waals surface area contributed by atoms with Gasteiger partial charge in [0.15, 0.2) is 17.5 Å². The van der Waals surface area contributed by atoms with Crippen molar-refractivity contribution in [3.63, 3.8) is 0 Å². The zero-order valence-electron chi connectivity index (χ0n) is 18.1. The summed E-state index contributed by atoms with van der Waals surface area (Å²) in [4.78, 5) is 6.24. The summed E-state index contributed by atoms with van der Waals surface area (Å²) in [5.74, 6) is 1.77. The molecule has 0 saturated carbocycles. The first-order chi connectivity index (χ1) is 14.6. The Kier molecular flexibility index (Phi) is 10.1. The summed E-state index contributed by atoms with van der Waals surface area (Å²) in [6.07, 6.45) is 0. The lowest BCUT2D eigenvalue weighted by Crippen LogP contribution is -2.37. The lowest BCUT2D eigenvalue weighted by molar-refractivity contribution is 0.122. The second-order valence-corrected chi connectivity index (χ2v) is 6.85. The van der Waals surface area contributed by atoms with Crippen LogP contribution in [0.4, 0.5) is 10.1 Å². The van der Waals surface area contributed by atoms with Crippen molar-refractivity contribution in [2.45, 2.75) is 13.1 Å². The Balaban J connectivity index is 0.00000341. The maximum absolute atomic E-state index is 14.6. The number of guanidine groups is 1. The first-order valence-corrected chi connectivity index (χ1v) is 9.91. The molecule has 9 heteroatoms. The highest BCUT2D eigenvalue weighted by Gasteiger charge is 2.15. The Hall–Kier alpha value is -2.27. The molecule has 0 atom stereocenters. The van der Waals surface area contributed by atoms with Crippen molar-refractivity contribution in [3.8, 4) is 11.5 Å². The van der Waals surface area contributed by atoms with Gasteiger partial charge in [-0.1, -0.05) is 12.1 Å². The van der Waals surface area contributed by atoms with E-state index in [-0.39, 0.29) is 29.8 Å². The lowest BCUT2D eigenvalue weighted by atomic mass is 10.1. The molecule has 0 aliphatic carbocycles. The van der Waals surface area contributed by atoms with Crippen molar-refractivity contribution < 1.29 is 18.6 Å². The lowest BCUT2D eigenvalue weighted by Gasteiger charge is -2.29. The number of methoxy groups -OCH3 is 2. The maximum Gasteiger partial charge on any atom is 0.191 e. The van der Waals surface area contributed by atoms with E-state index in [0.29, 0.717) is 62.5 Å². The van der Waals surface area contributed by atoms with Gasteiger partial charge in [-0.05, 0) is 35.4 Å². The molecule has 170 valence electrons. The van der Waals surface area contributed by atoms with E-state index in [2.05, 4.69) is 15.6 Å². The molecular weight excluding hydrogens is 514 g/mol. The Labute approximate surface area is 200 Å². The van der Waals surface area contributed by atoms with E-state index in [1.165, 1.54) is 0 Å². The number of halogens is 2. The normalized spacial score (nSPS) is 13.9. The molecule has 31 heavy (non-hydrogen) atoms. The van der Waals surface area contributed by atoms with E-state index in [9.17, 15) is 4.39 Å². The number of nitrogens with zero attached hydrogens (tertiary/aromatic N) is 2. The minimum Gasteiger partial charge on any atom is -0.493 e. The fourth-order valence-corrected chi connectivity index (χ4v) is 3.30. The molecule has 0 amide bonds. The number of anilines is 1. The number of benzene rings is 2. The molecule has 0 bridgehead atoms. The van der Waals surface area contributed by atoms with Gasteiger partial charge in [-0.25, -0.2) is 4.39 Å². The summed E-state index contributed by atoms with van der Waals surface area (Å²) in [7, 11) is 4.92. The second-order valence-electron chi connectivity index (χ2n) is 6.85. The molecule has 0 radical (unpaired) electrons. The molecule has 1 aliphatic heterocycles. The van der Waals surface area contributed by atoms with E-state index >= 15 is 0 Å². The van der Waals surface area contributed by atoms with Gasteiger partial charge in [-0.15, -0.1) is 24.0 Å².